The van der Waals surface area contributed by atoms with E-state index in [1.807, 2.05) is 6.92 Å². The molecule has 0 bridgehead atoms. The Morgan fingerprint density at radius 1 is 1.44 bits per heavy atom. The standard InChI is InChI=1S/C9H19ClN2O3S/c1-9(2-3-10)8-11-16(13,14)12-4-6-15-7-5-12/h9,11H,2-8H2,1H3. The van der Waals surface area contributed by atoms with Crippen molar-refractivity contribution in [3.63, 3.8) is 0 Å². The first-order valence-electron chi connectivity index (χ1n) is 5.44. The van der Waals surface area contributed by atoms with Crippen LogP contribution in [-0.4, -0.2) is 51.5 Å². The van der Waals surface area contributed by atoms with E-state index in [-0.39, 0.29) is 5.92 Å². The van der Waals surface area contributed by atoms with Crippen LogP contribution in [0.25, 0.3) is 0 Å². The molecule has 1 heterocycles. The third kappa shape index (κ3) is 4.55. The molecule has 1 rings (SSSR count). The predicted molar refractivity (Wildman–Crippen MR) is 63.8 cm³/mol. The van der Waals surface area contributed by atoms with Gasteiger partial charge in [-0.2, -0.15) is 12.7 Å². The summed E-state index contributed by atoms with van der Waals surface area (Å²) in [6, 6.07) is 0. The van der Waals surface area contributed by atoms with E-state index in [9.17, 15) is 8.42 Å². The molecule has 1 aliphatic rings. The molecule has 0 radical (unpaired) electrons. The second-order valence-corrected chi connectivity index (χ2v) is 6.08. The largest absolute Gasteiger partial charge is 0.379 e. The number of morpholine rings is 1. The minimum atomic E-state index is -3.34. The van der Waals surface area contributed by atoms with Crippen molar-refractivity contribution in [3.05, 3.63) is 0 Å². The lowest BCUT2D eigenvalue weighted by Crippen LogP contribution is -2.47. The molecule has 0 saturated carbocycles. The summed E-state index contributed by atoms with van der Waals surface area (Å²) in [6.45, 7) is 4.21. The summed E-state index contributed by atoms with van der Waals surface area (Å²) < 4.78 is 32.8. The Balaban J connectivity index is 2.38. The molecule has 0 aliphatic carbocycles. The van der Waals surface area contributed by atoms with Crippen LogP contribution in [-0.2, 0) is 14.9 Å². The lowest BCUT2D eigenvalue weighted by molar-refractivity contribution is 0.0724. The number of hydrogen-bond acceptors (Lipinski definition) is 3. The van der Waals surface area contributed by atoms with Gasteiger partial charge in [0.25, 0.3) is 10.2 Å². The average molecular weight is 271 g/mol. The Labute approximate surface area is 102 Å². The lowest BCUT2D eigenvalue weighted by Gasteiger charge is -2.26. The summed E-state index contributed by atoms with van der Waals surface area (Å²) in [5.74, 6) is 0.814. The SMILES string of the molecule is CC(CCCl)CNS(=O)(=O)N1CCOCC1. The first kappa shape index (κ1) is 14.2. The van der Waals surface area contributed by atoms with Crippen LogP contribution in [0.2, 0.25) is 0 Å². The second-order valence-electron chi connectivity index (χ2n) is 3.95. The maximum atomic E-state index is 11.8. The second kappa shape index (κ2) is 6.76. The molecule has 1 N–H and O–H groups in total. The highest BCUT2D eigenvalue weighted by Crippen LogP contribution is 2.06. The molecule has 0 amide bonds. The smallest absolute Gasteiger partial charge is 0.279 e. The van der Waals surface area contributed by atoms with E-state index in [0.29, 0.717) is 38.7 Å². The Bertz CT molecular complexity index is 291. The molecule has 0 aromatic heterocycles. The third-order valence-corrected chi connectivity index (χ3v) is 4.32. The van der Waals surface area contributed by atoms with Crippen LogP contribution in [0.3, 0.4) is 0 Å². The molecule has 96 valence electrons. The van der Waals surface area contributed by atoms with Gasteiger partial charge in [0.1, 0.15) is 0 Å². The Morgan fingerprint density at radius 3 is 2.62 bits per heavy atom. The molecular weight excluding hydrogens is 252 g/mol. The third-order valence-electron chi connectivity index (χ3n) is 2.53. The number of halogens is 1. The molecule has 5 nitrogen and oxygen atoms in total. The van der Waals surface area contributed by atoms with Gasteiger partial charge < -0.3 is 4.74 Å². The van der Waals surface area contributed by atoms with E-state index in [0.717, 1.165) is 6.42 Å². The Kier molecular flexibility index (Phi) is 5.99. The zero-order valence-corrected chi connectivity index (χ0v) is 11.1. The van der Waals surface area contributed by atoms with E-state index >= 15 is 0 Å². The van der Waals surface area contributed by atoms with E-state index in [1.165, 1.54) is 4.31 Å². The summed E-state index contributed by atoms with van der Waals surface area (Å²) in [5, 5.41) is 0. The van der Waals surface area contributed by atoms with Crippen molar-refractivity contribution in [2.24, 2.45) is 5.92 Å². The van der Waals surface area contributed by atoms with Gasteiger partial charge in [-0.15, -0.1) is 11.6 Å². The zero-order chi connectivity index (χ0) is 12.0. The van der Waals surface area contributed by atoms with Crippen LogP contribution < -0.4 is 4.72 Å². The van der Waals surface area contributed by atoms with E-state index in [4.69, 9.17) is 16.3 Å². The fourth-order valence-electron chi connectivity index (χ4n) is 1.41. The maximum absolute atomic E-state index is 11.8. The molecule has 1 aliphatic heterocycles. The maximum Gasteiger partial charge on any atom is 0.279 e. The fourth-order valence-corrected chi connectivity index (χ4v) is 3.09. The van der Waals surface area contributed by atoms with Gasteiger partial charge in [0.2, 0.25) is 0 Å². The highest BCUT2D eigenvalue weighted by atomic mass is 35.5. The molecule has 1 saturated heterocycles. The minimum absolute atomic E-state index is 0.258. The number of hydrogen-bond donors (Lipinski definition) is 1. The van der Waals surface area contributed by atoms with Gasteiger partial charge in [-0.1, -0.05) is 6.92 Å². The number of rotatable bonds is 6. The van der Waals surface area contributed by atoms with Crippen LogP contribution in [0.1, 0.15) is 13.3 Å². The van der Waals surface area contributed by atoms with Crippen molar-refractivity contribution < 1.29 is 13.2 Å². The van der Waals surface area contributed by atoms with Crippen LogP contribution in [0.5, 0.6) is 0 Å². The Morgan fingerprint density at radius 2 is 2.06 bits per heavy atom. The van der Waals surface area contributed by atoms with E-state index < -0.39 is 10.2 Å². The molecule has 1 unspecified atom stereocenters. The lowest BCUT2D eigenvalue weighted by atomic mass is 10.1. The van der Waals surface area contributed by atoms with Crippen molar-refractivity contribution in [1.29, 1.82) is 0 Å². The summed E-state index contributed by atoms with van der Waals surface area (Å²) >= 11 is 5.59. The predicted octanol–water partition coefficient (Wildman–Crippen LogP) is 0.418. The van der Waals surface area contributed by atoms with Gasteiger partial charge in [0.05, 0.1) is 13.2 Å². The van der Waals surface area contributed by atoms with Crippen molar-refractivity contribution in [2.75, 3.05) is 38.7 Å². The summed E-state index contributed by atoms with van der Waals surface area (Å²) in [4.78, 5) is 0. The van der Waals surface area contributed by atoms with Gasteiger partial charge in [-0.25, -0.2) is 4.72 Å². The highest BCUT2D eigenvalue weighted by molar-refractivity contribution is 7.87. The van der Waals surface area contributed by atoms with E-state index in [2.05, 4.69) is 4.72 Å². The molecule has 0 spiro atoms. The molecule has 1 atom stereocenters. The summed E-state index contributed by atoms with van der Waals surface area (Å²) in [6.07, 6.45) is 0.813. The Hall–Kier alpha value is 0.120. The molecule has 7 heteroatoms. The zero-order valence-electron chi connectivity index (χ0n) is 9.49. The fraction of sp³-hybridized carbons (Fsp3) is 1.00. The van der Waals surface area contributed by atoms with Crippen LogP contribution >= 0.6 is 11.6 Å². The minimum Gasteiger partial charge on any atom is -0.379 e. The van der Waals surface area contributed by atoms with Gasteiger partial charge in [0, 0.05) is 25.5 Å². The average Bonchev–Trinajstić information content (AvgIpc) is 2.28. The van der Waals surface area contributed by atoms with Crippen molar-refractivity contribution in [2.45, 2.75) is 13.3 Å². The first-order valence-corrected chi connectivity index (χ1v) is 7.42. The molecule has 1 fully saturated rings. The highest BCUT2D eigenvalue weighted by Gasteiger charge is 2.23. The van der Waals surface area contributed by atoms with Crippen molar-refractivity contribution in [3.8, 4) is 0 Å². The van der Waals surface area contributed by atoms with Crippen LogP contribution in [0.15, 0.2) is 0 Å². The first-order chi connectivity index (χ1) is 7.56. The summed E-state index contributed by atoms with van der Waals surface area (Å²) in [7, 11) is -3.34. The summed E-state index contributed by atoms with van der Waals surface area (Å²) in [5.41, 5.74) is 0. The molecule has 0 aromatic rings. The van der Waals surface area contributed by atoms with Gasteiger partial charge >= 0.3 is 0 Å². The normalized spacial score (nSPS) is 20.9. The van der Waals surface area contributed by atoms with Crippen LogP contribution in [0, 0.1) is 5.92 Å². The van der Waals surface area contributed by atoms with Gasteiger partial charge in [-0.05, 0) is 12.3 Å². The quantitative estimate of drug-likeness (QED) is 0.712. The van der Waals surface area contributed by atoms with Gasteiger partial charge in [0.15, 0.2) is 0 Å². The monoisotopic (exact) mass is 270 g/mol. The number of alkyl halides is 1. The molecule has 16 heavy (non-hydrogen) atoms. The topological polar surface area (TPSA) is 58.6 Å². The molecular formula is C9H19ClN2O3S. The van der Waals surface area contributed by atoms with Crippen molar-refractivity contribution >= 4 is 21.8 Å². The number of nitrogens with zero attached hydrogens (tertiary/aromatic N) is 1. The number of ether oxygens (including phenoxy) is 1. The van der Waals surface area contributed by atoms with Crippen LogP contribution in [0.4, 0.5) is 0 Å². The molecule has 0 aromatic carbocycles. The van der Waals surface area contributed by atoms with Crippen molar-refractivity contribution in [1.82, 2.24) is 9.03 Å². The van der Waals surface area contributed by atoms with Gasteiger partial charge in [-0.3, -0.25) is 0 Å². The van der Waals surface area contributed by atoms with E-state index in [1.54, 1.807) is 0 Å². The number of nitrogens with one attached hydrogen (secondary N) is 1.